The molecule has 2 rings (SSSR count). The third-order valence-corrected chi connectivity index (χ3v) is 1.72. The number of rotatable bonds is 2. The first kappa shape index (κ1) is 17.8. The van der Waals surface area contributed by atoms with Crippen LogP contribution in [0.25, 0.3) is 0 Å². The van der Waals surface area contributed by atoms with E-state index in [-0.39, 0.29) is 0 Å². The molecule has 0 aliphatic rings. The number of benzene rings is 2. The summed E-state index contributed by atoms with van der Waals surface area (Å²) in [6, 6.07) is 19.5. The molecule has 4 N–H and O–H groups in total. The van der Waals surface area contributed by atoms with E-state index >= 15 is 0 Å². The van der Waals surface area contributed by atoms with E-state index in [1.807, 2.05) is 60.7 Å². The van der Waals surface area contributed by atoms with Crippen LogP contribution in [0, 0.1) is 0 Å². The Morgan fingerprint density at radius 2 is 0.857 bits per heavy atom. The molecule has 0 aromatic heterocycles. The van der Waals surface area contributed by atoms with Gasteiger partial charge in [-0.3, -0.25) is 0 Å². The summed E-state index contributed by atoms with van der Waals surface area (Å²) in [5, 5.41) is 27.9. The molecule has 112 valence electrons. The molecule has 0 aliphatic heterocycles. The van der Waals surface area contributed by atoms with E-state index < -0.39 is 12.3 Å². The second-order valence-electron chi connectivity index (χ2n) is 3.29. The number of para-hydroxylation sites is 2. The van der Waals surface area contributed by atoms with E-state index in [2.05, 4.69) is 0 Å². The van der Waals surface area contributed by atoms with E-state index in [1.54, 1.807) is 0 Å². The van der Waals surface area contributed by atoms with Crippen LogP contribution in [0.4, 0.5) is 9.59 Å². The molecule has 2 aromatic rings. The largest absolute Gasteiger partial charge is 0.503 e. The van der Waals surface area contributed by atoms with Crippen LogP contribution >= 0.6 is 0 Å². The Kier molecular flexibility index (Phi) is 9.04. The monoisotopic (exact) mass is 294 g/mol. The smallest absolute Gasteiger partial charge is 0.457 e. The summed E-state index contributed by atoms with van der Waals surface area (Å²) in [4.78, 5) is 17.1. The molecule has 0 bridgehead atoms. The van der Waals surface area contributed by atoms with Gasteiger partial charge < -0.3 is 25.2 Å². The van der Waals surface area contributed by atoms with Crippen LogP contribution in [-0.2, 0) is 0 Å². The van der Waals surface area contributed by atoms with Gasteiger partial charge in [-0.05, 0) is 24.3 Å². The standard InChI is InChI=1S/C12H10O.2CH2O3/c1-3-7-11(8-4-1)13-12-9-5-2-6-10-12;2*2-1(3)4/h1-10H;2*(H2,2,3,4). The second kappa shape index (κ2) is 10.7. The van der Waals surface area contributed by atoms with Crippen LogP contribution in [0.1, 0.15) is 0 Å². The van der Waals surface area contributed by atoms with Crippen LogP contribution in [0.15, 0.2) is 60.7 Å². The van der Waals surface area contributed by atoms with E-state index in [0.717, 1.165) is 11.5 Å². The molecule has 0 radical (unpaired) electrons. The van der Waals surface area contributed by atoms with Crippen LogP contribution in [0.5, 0.6) is 11.5 Å². The van der Waals surface area contributed by atoms with Gasteiger partial charge in [-0.1, -0.05) is 36.4 Å². The van der Waals surface area contributed by atoms with Gasteiger partial charge in [0.1, 0.15) is 11.5 Å². The molecule has 2 aromatic carbocycles. The number of carbonyl (C=O) groups is 2. The van der Waals surface area contributed by atoms with Crippen molar-refractivity contribution in [3.8, 4) is 11.5 Å². The highest BCUT2D eigenvalue weighted by atomic mass is 16.6. The van der Waals surface area contributed by atoms with Crippen molar-refractivity contribution < 1.29 is 34.8 Å². The highest BCUT2D eigenvalue weighted by Crippen LogP contribution is 2.19. The van der Waals surface area contributed by atoms with Gasteiger partial charge in [0.05, 0.1) is 0 Å². The Morgan fingerprint density at radius 1 is 0.619 bits per heavy atom. The van der Waals surface area contributed by atoms with Gasteiger partial charge >= 0.3 is 12.3 Å². The Bertz CT molecular complexity index is 468. The molecular weight excluding hydrogens is 280 g/mol. The lowest BCUT2D eigenvalue weighted by molar-refractivity contribution is 0.135. The maximum atomic E-state index is 8.56. The SMILES string of the molecule is O=C(O)O.O=C(O)O.c1ccc(Oc2ccccc2)cc1. The summed E-state index contributed by atoms with van der Waals surface area (Å²) in [5.74, 6) is 1.74. The van der Waals surface area contributed by atoms with Crippen molar-refractivity contribution >= 4 is 12.3 Å². The topological polar surface area (TPSA) is 124 Å². The highest BCUT2D eigenvalue weighted by molar-refractivity contribution is 5.53. The molecule has 0 atom stereocenters. The van der Waals surface area contributed by atoms with Gasteiger partial charge in [0.15, 0.2) is 0 Å². The lowest BCUT2D eigenvalue weighted by Gasteiger charge is -2.03. The van der Waals surface area contributed by atoms with Crippen molar-refractivity contribution in [1.82, 2.24) is 0 Å². The summed E-state index contributed by atoms with van der Waals surface area (Å²) in [6.07, 6.45) is -3.67. The zero-order valence-corrected chi connectivity index (χ0v) is 10.8. The molecule has 0 unspecified atom stereocenters. The maximum Gasteiger partial charge on any atom is 0.503 e. The molecule has 0 saturated heterocycles. The second-order valence-corrected chi connectivity index (χ2v) is 3.29. The molecule has 7 heteroatoms. The average molecular weight is 294 g/mol. The van der Waals surface area contributed by atoms with Gasteiger partial charge in [-0.25, -0.2) is 9.59 Å². The third kappa shape index (κ3) is 13.0. The van der Waals surface area contributed by atoms with E-state index in [1.165, 1.54) is 0 Å². The molecular formula is C14H14O7. The minimum atomic E-state index is -1.83. The van der Waals surface area contributed by atoms with Gasteiger partial charge in [-0.2, -0.15) is 0 Å². The van der Waals surface area contributed by atoms with Crippen LogP contribution in [-0.4, -0.2) is 32.7 Å². The molecule has 0 aliphatic carbocycles. The first-order valence-electron chi connectivity index (χ1n) is 5.53. The fourth-order valence-corrected chi connectivity index (χ4v) is 1.11. The highest BCUT2D eigenvalue weighted by Gasteiger charge is 1.92. The molecule has 0 amide bonds. The molecule has 0 spiro atoms. The van der Waals surface area contributed by atoms with Gasteiger partial charge in [0.2, 0.25) is 0 Å². The van der Waals surface area contributed by atoms with Gasteiger partial charge in [0.25, 0.3) is 0 Å². The van der Waals surface area contributed by atoms with Crippen molar-refractivity contribution in [2.75, 3.05) is 0 Å². The molecule has 0 heterocycles. The molecule has 0 fully saturated rings. The lowest BCUT2D eigenvalue weighted by atomic mass is 10.3. The average Bonchev–Trinajstić information content (AvgIpc) is 2.40. The quantitative estimate of drug-likeness (QED) is 0.661. The van der Waals surface area contributed by atoms with Gasteiger partial charge in [-0.15, -0.1) is 0 Å². The molecule has 0 saturated carbocycles. The fraction of sp³-hybridized carbons (Fsp3) is 0. The third-order valence-electron chi connectivity index (χ3n) is 1.72. The van der Waals surface area contributed by atoms with Crippen molar-refractivity contribution in [1.29, 1.82) is 0 Å². The maximum absolute atomic E-state index is 8.56. The Morgan fingerprint density at radius 3 is 1.10 bits per heavy atom. The van der Waals surface area contributed by atoms with Crippen molar-refractivity contribution in [2.45, 2.75) is 0 Å². The zero-order valence-electron chi connectivity index (χ0n) is 10.8. The normalized spacial score (nSPS) is 8.19. The summed E-state index contributed by atoms with van der Waals surface area (Å²) in [6.45, 7) is 0. The van der Waals surface area contributed by atoms with Crippen molar-refractivity contribution in [2.24, 2.45) is 0 Å². The first-order valence-corrected chi connectivity index (χ1v) is 5.53. The Hall–Kier alpha value is -3.22. The predicted octanol–water partition coefficient (Wildman–Crippen LogP) is 3.92. The summed E-state index contributed by atoms with van der Waals surface area (Å²) in [7, 11) is 0. The summed E-state index contributed by atoms with van der Waals surface area (Å²) < 4.78 is 5.58. The van der Waals surface area contributed by atoms with Crippen LogP contribution < -0.4 is 4.74 Å². The minimum Gasteiger partial charge on any atom is -0.457 e. The first-order chi connectivity index (χ1) is 9.91. The van der Waals surface area contributed by atoms with E-state index in [4.69, 9.17) is 34.8 Å². The number of ether oxygens (including phenoxy) is 1. The fourth-order valence-electron chi connectivity index (χ4n) is 1.11. The minimum absolute atomic E-state index is 0.869. The van der Waals surface area contributed by atoms with Crippen LogP contribution in [0.2, 0.25) is 0 Å². The Balaban J connectivity index is 0.000000421. The van der Waals surface area contributed by atoms with Crippen LogP contribution in [0.3, 0.4) is 0 Å². The van der Waals surface area contributed by atoms with E-state index in [0.29, 0.717) is 0 Å². The Labute approximate surface area is 120 Å². The van der Waals surface area contributed by atoms with Crippen molar-refractivity contribution in [3.63, 3.8) is 0 Å². The van der Waals surface area contributed by atoms with Gasteiger partial charge in [0, 0.05) is 0 Å². The number of hydrogen-bond donors (Lipinski definition) is 4. The summed E-state index contributed by atoms with van der Waals surface area (Å²) >= 11 is 0. The van der Waals surface area contributed by atoms with E-state index in [9.17, 15) is 0 Å². The van der Waals surface area contributed by atoms with Crippen molar-refractivity contribution in [3.05, 3.63) is 60.7 Å². The zero-order chi connectivity index (χ0) is 16.1. The molecule has 21 heavy (non-hydrogen) atoms. The lowest BCUT2D eigenvalue weighted by Crippen LogP contribution is -1.81. The number of carboxylic acid groups (broad SMARTS) is 4. The summed E-state index contributed by atoms with van der Waals surface area (Å²) in [5.41, 5.74) is 0. The number of hydrogen-bond acceptors (Lipinski definition) is 3. The molecule has 7 nitrogen and oxygen atoms in total. The predicted molar refractivity (Wildman–Crippen MR) is 74.3 cm³/mol.